The van der Waals surface area contributed by atoms with E-state index in [-0.39, 0.29) is 5.97 Å². The molecule has 0 saturated carbocycles. The van der Waals surface area contributed by atoms with Crippen LogP contribution in [0, 0.1) is 0 Å². The molecule has 0 radical (unpaired) electrons. The number of carbonyl (C=O) groups excluding carboxylic acids is 1. The molecular weight excluding hydrogens is 236 g/mol. The Bertz CT molecular complexity index is 333. The van der Waals surface area contributed by atoms with Crippen molar-refractivity contribution < 1.29 is 9.53 Å². The summed E-state index contributed by atoms with van der Waals surface area (Å²) in [6.07, 6.45) is 0.612. The van der Waals surface area contributed by atoms with Crippen LogP contribution < -0.4 is 0 Å². The average Bonchev–Trinajstić information content (AvgIpc) is 2.24. The quantitative estimate of drug-likeness (QED) is 0.458. The monoisotopic (exact) mass is 254 g/mol. The van der Waals surface area contributed by atoms with Gasteiger partial charge in [-0.15, -0.1) is 11.8 Å². The van der Waals surface area contributed by atoms with Crippen LogP contribution in [-0.2, 0) is 9.53 Å². The number of carbonyl (C=O) groups is 1. The van der Waals surface area contributed by atoms with Crippen LogP contribution in [0.25, 0.3) is 0 Å². The maximum atomic E-state index is 11.4. The molecule has 0 N–H and O–H groups in total. The number of hydrogen-bond donors (Lipinski definition) is 0. The molecule has 0 heterocycles. The molecule has 0 bridgehead atoms. The molecule has 0 atom stereocenters. The standard InChI is InChI=1S/C12H18O2SSi/c1-16(2,3)10-14-12(13)9-15-11-7-5-4-6-8-11/h4-8H,9-10H2,1-3H3. The zero-order chi connectivity index (χ0) is 12.0. The van der Waals surface area contributed by atoms with Crippen molar-refractivity contribution in [2.75, 3.05) is 12.0 Å². The van der Waals surface area contributed by atoms with Gasteiger partial charge in [-0.25, -0.2) is 0 Å². The maximum absolute atomic E-state index is 11.4. The number of hydrogen-bond acceptors (Lipinski definition) is 3. The summed E-state index contributed by atoms with van der Waals surface area (Å²) in [6, 6.07) is 9.89. The minimum Gasteiger partial charge on any atom is -0.469 e. The number of benzene rings is 1. The van der Waals surface area contributed by atoms with Gasteiger partial charge in [0.15, 0.2) is 0 Å². The van der Waals surface area contributed by atoms with Crippen molar-refractivity contribution in [3.63, 3.8) is 0 Å². The van der Waals surface area contributed by atoms with Crippen molar-refractivity contribution in [2.45, 2.75) is 24.5 Å². The molecule has 0 amide bonds. The topological polar surface area (TPSA) is 26.3 Å². The fourth-order valence-corrected chi connectivity index (χ4v) is 2.31. The fraction of sp³-hybridized carbons (Fsp3) is 0.417. The summed E-state index contributed by atoms with van der Waals surface area (Å²) < 4.78 is 5.23. The highest BCUT2D eigenvalue weighted by Crippen LogP contribution is 2.17. The van der Waals surface area contributed by atoms with Crippen molar-refractivity contribution in [1.82, 2.24) is 0 Å². The van der Waals surface area contributed by atoms with Crippen LogP contribution in [0.5, 0.6) is 0 Å². The molecule has 2 nitrogen and oxygen atoms in total. The van der Waals surface area contributed by atoms with Gasteiger partial charge in [0.05, 0.1) is 20.1 Å². The van der Waals surface area contributed by atoms with Crippen molar-refractivity contribution >= 4 is 25.8 Å². The molecule has 1 rings (SSSR count). The second-order valence-corrected chi connectivity index (χ2v) is 11.3. The summed E-state index contributed by atoms with van der Waals surface area (Å²) in [5.74, 6) is 0.283. The smallest absolute Gasteiger partial charge is 0.315 e. The minimum atomic E-state index is -1.28. The molecule has 0 aromatic heterocycles. The first kappa shape index (κ1) is 13.3. The highest BCUT2D eigenvalue weighted by Gasteiger charge is 2.16. The largest absolute Gasteiger partial charge is 0.469 e. The van der Waals surface area contributed by atoms with Gasteiger partial charge in [-0.2, -0.15) is 0 Å². The second-order valence-electron chi connectivity index (χ2n) is 4.82. The molecule has 0 aliphatic carbocycles. The van der Waals surface area contributed by atoms with Crippen molar-refractivity contribution in [3.05, 3.63) is 30.3 Å². The van der Waals surface area contributed by atoms with Gasteiger partial charge in [-0.05, 0) is 12.1 Å². The van der Waals surface area contributed by atoms with Crippen LogP contribution in [0.4, 0.5) is 0 Å². The zero-order valence-electron chi connectivity index (χ0n) is 10.0. The first-order chi connectivity index (χ1) is 7.47. The van der Waals surface area contributed by atoms with Crippen molar-refractivity contribution in [2.24, 2.45) is 0 Å². The predicted molar refractivity (Wildman–Crippen MR) is 71.5 cm³/mol. The Morgan fingerprint density at radius 2 is 1.88 bits per heavy atom. The minimum absolute atomic E-state index is 0.115. The lowest BCUT2D eigenvalue weighted by molar-refractivity contribution is -0.138. The van der Waals surface area contributed by atoms with E-state index < -0.39 is 8.07 Å². The summed E-state index contributed by atoms with van der Waals surface area (Å²) in [6.45, 7) is 6.56. The zero-order valence-corrected chi connectivity index (χ0v) is 11.8. The third-order valence-corrected chi connectivity index (χ3v) is 3.76. The summed E-state index contributed by atoms with van der Waals surface area (Å²) in [5.41, 5.74) is 0. The van der Waals surface area contributed by atoms with Gasteiger partial charge in [0.25, 0.3) is 0 Å². The fourth-order valence-electron chi connectivity index (χ4n) is 0.998. The molecule has 1 aromatic carbocycles. The summed E-state index contributed by atoms with van der Waals surface area (Å²) in [5, 5.41) is 0. The van der Waals surface area contributed by atoms with Gasteiger partial charge in [-0.1, -0.05) is 37.8 Å². The van der Waals surface area contributed by atoms with E-state index in [0.717, 1.165) is 4.90 Å². The number of rotatable bonds is 5. The van der Waals surface area contributed by atoms with Crippen LogP contribution >= 0.6 is 11.8 Å². The van der Waals surface area contributed by atoms with E-state index in [4.69, 9.17) is 4.74 Å². The Morgan fingerprint density at radius 3 is 2.44 bits per heavy atom. The van der Waals surface area contributed by atoms with Gasteiger partial charge >= 0.3 is 5.97 Å². The van der Waals surface area contributed by atoms with Gasteiger partial charge in [0, 0.05) is 4.90 Å². The number of esters is 1. The molecule has 1 aromatic rings. The molecule has 0 unspecified atom stereocenters. The highest BCUT2D eigenvalue weighted by atomic mass is 32.2. The second kappa shape index (κ2) is 6.11. The van der Waals surface area contributed by atoms with E-state index >= 15 is 0 Å². The Kier molecular flexibility index (Phi) is 5.08. The molecule has 0 fully saturated rings. The molecule has 0 aliphatic rings. The van der Waals surface area contributed by atoms with E-state index in [1.807, 2.05) is 30.3 Å². The summed E-state index contributed by atoms with van der Waals surface area (Å²) >= 11 is 1.52. The van der Waals surface area contributed by atoms with E-state index in [0.29, 0.717) is 12.0 Å². The van der Waals surface area contributed by atoms with Crippen LogP contribution in [0.3, 0.4) is 0 Å². The van der Waals surface area contributed by atoms with E-state index in [2.05, 4.69) is 19.6 Å². The molecular formula is C12H18O2SSi. The van der Waals surface area contributed by atoms with E-state index in [9.17, 15) is 4.79 Å². The Hall–Kier alpha value is -0.743. The van der Waals surface area contributed by atoms with Gasteiger partial charge < -0.3 is 4.74 Å². The first-order valence-electron chi connectivity index (χ1n) is 5.31. The van der Waals surface area contributed by atoms with Crippen LogP contribution in [0.2, 0.25) is 19.6 Å². The normalized spacial score (nSPS) is 11.2. The number of thioether (sulfide) groups is 1. The third-order valence-electron chi connectivity index (χ3n) is 1.77. The molecule has 0 spiro atoms. The Labute approximate surface area is 102 Å². The molecule has 0 aliphatic heterocycles. The average molecular weight is 254 g/mol. The van der Waals surface area contributed by atoms with E-state index in [1.54, 1.807) is 0 Å². The lowest BCUT2D eigenvalue weighted by Crippen LogP contribution is -2.30. The predicted octanol–water partition coefficient (Wildman–Crippen LogP) is 3.20. The van der Waals surface area contributed by atoms with Crippen molar-refractivity contribution in [1.29, 1.82) is 0 Å². The van der Waals surface area contributed by atoms with Gasteiger partial charge in [0.1, 0.15) is 0 Å². The third kappa shape index (κ3) is 5.98. The number of ether oxygens (including phenoxy) is 1. The molecule has 0 saturated heterocycles. The SMILES string of the molecule is C[Si](C)(C)COC(=O)CSc1ccccc1. The Morgan fingerprint density at radius 1 is 1.25 bits per heavy atom. The first-order valence-corrected chi connectivity index (χ1v) is 10.0. The molecule has 88 valence electrons. The maximum Gasteiger partial charge on any atom is 0.315 e. The Balaban J connectivity index is 2.26. The van der Waals surface area contributed by atoms with Crippen molar-refractivity contribution in [3.8, 4) is 0 Å². The lowest BCUT2D eigenvalue weighted by atomic mass is 10.4. The van der Waals surface area contributed by atoms with Crippen LogP contribution in [-0.4, -0.2) is 26.0 Å². The lowest BCUT2D eigenvalue weighted by Gasteiger charge is -2.15. The summed E-state index contributed by atoms with van der Waals surface area (Å²) in [7, 11) is -1.28. The van der Waals surface area contributed by atoms with Gasteiger partial charge in [-0.3, -0.25) is 4.79 Å². The highest BCUT2D eigenvalue weighted by molar-refractivity contribution is 8.00. The van der Waals surface area contributed by atoms with Gasteiger partial charge in [0.2, 0.25) is 0 Å². The van der Waals surface area contributed by atoms with E-state index in [1.165, 1.54) is 11.8 Å². The summed E-state index contributed by atoms with van der Waals surface area (Å²) in [4.78, 5) is 12.5. The van der Waals surface area contributed by atoms with Crippen LogP contribution in [0.15, 0.2) is 35.2 Å². The van der Waals surface area contributed by atoms with Crippen LogP contribution in [0.1, 0.15) is 0 Å². The molecule has 4 heteroatoms. The molecule has 16 heavy (non-hydrogen) atoms.